The van der Waals surface area contributed by atoms with Crippen LogP contribution in [0.1, 0.15) is 64.7 Å². The number of rotatable bonds is 0. The van der Waals surface area contributed by atoms with Crippen LogP contribution >= 0.6 is 0 Å². The molecule has 0 unspecified atom stereocenters. The number of likely N-dealkylation sites (N-methyl/N-ethyl adjacent to an activating group) is 1. The minimum absolute atomic E-state index is 0.202. The molecule has 2 aliphatic rings. The minimum atomic E-state index is 0.202. The van der Waals surface area contributed by atoms with Crippen molar-refractivity contribution in [3.05, 3.63) is 53.1 Å². The molecule has 0 spiro atoms. The smallest absolute Gasteiger partial charge is 0.142 e. The van der Waals surface area contributed by atoms with E-state index in [0.717, 1.165) is 37.7 Å². The first-order valence-corrected chi connectivity index (χ1v) is 10.8. The molecule has 3 nitrogen and oxygen atoms in total. The topological polar surface area (TPSA) is 21.7 Å². The van der Waals surface area contributed by atoms with E-state index in [4.69, 9.17) is 9.47 Å². The summed E-state index contributed by atoms with van der Waals surface area (Å²) < 4.78 is 11.2. The average Bonchev–Trinajstić information content (AvgIpc) is 2.67. The van der Waals surface area contributed by atoms with Crippen LogP contribution in [0.5, 0.6) is 11.5 Å². The van der Waals surface area contributed by atoms with Gasteiger partial charge in [0, 0.05) is 7.05 Å². The average molecular weight is 396 g/mol. The maximum Gasteiger partial charge on any atom is 0.142 e. The van der Waals surface area contributed by atoms with Crippen LogP contribution in [0.25, 0.3) is 0 Å². The lowest BCUT2D eigenvalue weighted by atomic mass is 9.85. The van der Waals surface area contributed by atoms with Gasteiger partial charge in [-0.05, 0) is 58.6 Å². The third-order valence-corrected chi connectivity index (χ3v) is 5.70. The highest BCUT2D eigenvalue weighted by Crippen LogP contribution is 2.35. The normalized spacial score (nSPS) is 15.9. The van der Waals surface area contributed by atoms with Crippen molar-refractivity contribution >= 4 is 5.69 Å². The van der Waals surface area contributed by atoms with E-state index in [0.29, 0.717) is 0 Å². The predicted octanol–water partition coefficient (Wildman–Crippen LogP) is 6.12. The lowest BCUT2D eigenvalue weighted by molar-refractivity contribution is 0.288. The zero-order valence-electron chi connectivity index (χ0n) is 19.3. The fraction of sp³-hybridized carbons (Fsp3) is 0.538. The van der Waals surface area contributed by atoms with E-state index in [1.807, 2.05) is 0 Å². The summed E-state index contributed by atoms with van der Waals surface area (Å²) in [4.78, 5) is 2.26. The molecule has 2 heterocycles. The quantitative estimate of drug-likeness (QED) is 0.536. The van der Waals surface area contributed by atoms with Gasteiger partial charge >= 0.3 is 0 Å². The third-order valence-electron chi connectivity index (χ3n) is 5.70. The second-order valence-electron chi connectivity index (χ2n) is 10.2. The van der Waals surface area contributed by atoms with Gasteiger partial charge in [0.15, 0.2) is 0 Å². The summed E-state index contributed by atoms with van der Waals surface area (Å²) in [7, 11) is 2.12. The first-order chi connectivity index (χ1) is 13.6. The Morgan fingerprint density at radius 2 is 1.34 bits per heavy atom. The number of aryl methyl sites for hydroxylation is 1. The fourth-order valence-electron chi connectivity index (χ4n) is 3.64. The molecule has 0 aromatic heterocycles. The van der Waals surface area contributed by atoms with Gasteiger partial charge in [-0.15, -0.1) is 0 Å². The van der Waals surface area contributed by atoms with Crippen molar-refractivity contribution in [3.63, 3.8) is 0 Å². The monoisotopic (exact) mass is 395 g/mol. The van der Waals surface area contributed by atoms with Crippen LogP contribution < -0.4 is 14.4 Å². The molecule has 2 aliphatic heterocycles. The second kappa shape index (κ2) is 8.30. The maximum atomic E-state index is 5.62. The van der Waals surface area contributed by atoms with Crippen molar-refractivity contribution < 1.29 is 9.47 Å². The van der Waals surface area contributed by atoms with Gasteiger partial charge in [0.05, 0.1) is 18.8 Å². The van der Waals surface area contributed by atoms with Crippen molar-refractivity contribution in [3.8, 4) is 11.5 Å². The SMILES string of the molecule is CC(C)(C)c1ccc2c(c1)CCCO2.CN1CCOc2ccc(C(C)(C)C)cc21. The Bertz CT molecular complexity index is 843. The molecule has 0 fully saturated rings. The Balaban J connectivity index is 0.000000166. The Morgan fingerprint density at radius 1 is 0.759 bits per heavy atom. The summed E-state index contributed by atoms with van der Waals surface area (Å²) in [6.07, 6.45) is 2.32. The molecular weight excluding hydrogens is 358 g/mol. The standard InChI is InChI=1S/C13H19NO.C13H18O/c1-13(2,3)10-5-6-12-11(9-10)14(4)7-8-15-12;1-13(2,3)11-6-7-12-10(9-11)5-4-8-14-12/h5-6,9H,7-8H2,1-4H3;6-7,9H,4-5,8H2,1-3H3. The van der Waals surface area contributed by atoms with Gasteiger partial charge < -0.3 is 14.4 Å². The fourth-order valence-corrected chi connectivity index (χ4v) is 3.64. The lowest BCUT2D eigenvalue weighted by Crippen LogP contribution is -2.29. The van der Waals surface area contributed by atoms with Gasteiger partial charge in [0.2, 0.25) is 0 Å². The molecule has 3 heteroatoms. The first-order valence-electron chi connectivity index (χ1n) is 10.8. The van der Waals surface area contributed by atoms with E-state index < -0.39 is 0 Å². The molecule has 2 aromatic rings. The number of hydrogen-bond donors (Lipinski definition) is 0. The first kappa shape index (κ1) is 21.5. The van der Waals surface area contributed by atoms with Crippen LogP contribution in [0.2, 0.25) is 0 Å². The van der Waals surface area contributed by atoms with E-state index in [2.05, 4.69) is 89.9 Å². The summed E-state index contributed by atoms with van der Waals surface area (Å²) in [5, 5.41) is 0. The molecular formula is C26H37NO2. The molecule has 0 N–H and O–H groups in total. The van der Waals surface area contributed by atoms with Gasteiger partial charge in [-0.2, -0.15) is 0 Å². The maximum absolute atomic E-state index is 5.62. The Hall–Kier alpha value is -2.16. The van der Waals surface area contributed by atoms with Gasteiger partial charge in [-0.1, -0.05) is 59.7 Å². The molecule has 0 radical (unpaired) electrons. The van der Waals surface area contributed by atoms with Gasteiger partial charge in [-0.3, -0.25) is 0 Å². The third kappa shape index (κ3) is 5.26. The van der Waals surface area contributed by atoms with Crippen LogP contribution in [0.3, 0.4) is 0 Å². The van der Waals surface area contributed by atoms with E-state index in [1.165, 1.54) is 28.8 Å². The molecule has 2 aromatic carbocycles. The van der Waals surface area contributed by atoms with Crippen LogP contribution in [0.4, 0.5) is 5.69 Å². The van der Waals surface area contributed by atoms with Gasteiger partial charge in [0.25, 0.3) is 0 Å². The molecule has 0 aliphatic carbocycles. The zero-order chi connectivity index (χ0) is 21.2. The predicted molar refractivity (Wildman–Crippen MR) is 123 cm³/mol. The van der Waals surface area contributed by atoms with Gasteiger partial charge in [0.1, 0.15) is 18.1 Å². The number of ether oxygens (including phenoxy) is 2. The van der Waals surface area contributed by atoms with E-state index in [1.54, 1.807) is 0 Å². The molecule has 0 atom stereocenters. The second-order valence-corrected chi connectivity index (χ2v) is 10.2. The number of anilines is 1. The summed E-state index contributed by atoms with van der Waals surface area (Å²) in [5.74, 6) is 2.10. The molecule has 0 amide bonds. The minimum Gasteiger partial charge on any atom is -0.493 e. The Kier molecular flexibility index (Phi) is 6.16. The Morgan fingerprint density at radius 3 is 2.00 bits per heavy atom. The van der Waals surface area contributed by atoms with E-state index in [9.17, 15) is 0 Å². The summed E-state index contributed by atoms with van der Waals surface area (Å²) in [5.41, 5.74) is 5.80. The summed E-state index contributed by atoms with van der Waals surface area (Å²) in [6, 6.07) is 13.1. The number of hydrogen-bond acceptors (Lipinski definition) is 3. The Labute approximate surface area is 177 Å². The largest absolute Gasteiger partial charge is 0.493 e. The lowest BCUT2D eigenvalue weighted by Gasteiger charge is -2.30. The summed E-state index contributed by atoms with van der Waals surface area (Å²) >= 11 is 0. The highest BCUT2D eigenvalue weighted by molar-refractivity contribution is 5.61. The zero-order valence-corrected chi connectivity index (χ0v) is 19.3. The molecule has 0 saturated carbocycles. The van der Waals surface area contributed by atoms with Gasteiger partial charge in [-0.25, -0.2) is 0 Å². The van der Waals surface area contributed by atoms with Crippen molar-refractivity contribution in [1.82, 2.24) is 0 Å². The number of fused-ring (bicyclic) bond motifs is 2. The molecule has 29 heavy (non-hydrogen) atoms. The van der Waals surface area contributed by atoms with Crippen molar-refractivity contribution in [2.75, 3.05) is 31.7 Å². The molecule has 4 rings (SSSR count). The van der Waals surface area contributed by atoms with E-state index >= 15 is 0 Å². The van der Waals surface area contributed by atoms with Crippen molar-refractivity contribution in [2.45, 2.75) is 65.2 Å². The van der Waals surface area contributed by atoms with Crippen molar-refractivity contribution in [1.29, 1.82) is 0 Å². The highest BCUT2D eigenvalue weighted by Gasteiger charge is 2.20. The van der Waals surface area contributed by atoms with Crippen LogP contribution in [0.15, 0.2) is 36.4 Å². The van der Waals surface area contributed by atoms with Crippen LogP contribution in [-0.4, -0.2) is 26.8 Å². The molecule has 0 saturated heterocycles. The van der Waals surface area contributed by atoms with Crippen LogP contribution in [0, 0.1) is 0 Å². The summed E-state index contributed by atoms with van der Waals surface area (Å²) in [6.45, 7) is 16.1. The van der Waals surface area contributed by atoms with Crippen LogP contribution in [-0.2, 0) is 17.3 Å². The van der Waals surface area contributed by atoms with Crippen molar-refractivity contribution in [2.24, 2.45) is 0 Å². The molecule has 0 bridgehead atoms. The highest BCUT2D eigenvalue weighted by atomic mass is 16.5. The number of nitrogens with zero attached hydrogens (tertiary/aromatic N) is 1. The molecule has 158 valence electrons. The van der Waals surface area contributed by atoms with E-state index in [-0.39, 0.29) is 10.8 Å². The number of benzene rings is 2.